The van der Waals surface area contributed by atoms with Crippen LogP contribution >= 0.6 is 0 Å². The summed E-state index contributed by atoms with van der Waals surface area (Å²) in [6.07, 6.45) is 4.80. The molecule has 138 valence electrons. The van der Waals surface area contributed by atoms with Gasteiger partial charge in [0, 0.05) is 43.6 Å². The molecule has 26 heavy (non-hydrogen) atoms. The van der Waals surface area contributed by atoms with Crippen molar-refractivity contribution in [1.29, 1.82) is 0 Å². The number of nitrogens with zero attached hydrogens (tertiary/aromatic N) is 3. The molecule has 0 aliphatic carbocycles. The van der Waals surface area contributed by atoms with E-state index in [1.54, 1.807) is 6.20 Å². The summed E-state index contributed by atoms with van der Waals surface area (Å²) < 4.78 is 0. The number of amides is 2. The number of piperidine rings is 1. The van der Waals surface area contributed by atoms with Crippen LogP contribution in [0.15, 0.2) is 24.5 Å². The minimum absolute atomic E-state index is 0.0344. The van der Waals surface area contributed by atoms with Crippen LogP contribution in [0, 0.1) is 12.8 Å². The summed E-state index contributed by atoms with van der Waals surface area (Å²) in [5.41, 5.74) is 7.98. The predicted octanol–water partition coefficient (Wildman–Crippen LogP) is 1.53. The number of hydrogen-bond donors (Lipinski definition) is 2. The van der Waals surface area contributed by atoms with Crippen molar-refractivity contribution in [3.05, 3.63) is 30.2 Å². The maximum Gasteiger partial charge on any atom is 0.220 e. The molecule has 3 N–H and O–H groups in total. The number of pyridine rings is 2. The molecule has 3 rings (SSSR count). The number of nitrogens with two attached hydrogens (primary N) is 1. The van der Waals surface area contributed by atoms with Gasteiger partial charge < -0.3 is 16.0 Å². The molecule has 0 aromatic carbocycles. The summed E-state index contributed by atoms with van der Waals surface area (Å²) in [6.45, 7) is 5.75. The smallest absolute Gasteiger partial charge is 0.220 e. The standard InChI is InChI=1S/C19H25N5O2/c1-12-8-14(23-18(26)6-5-17(20)25)11-24(10-12)16-9-22-13(2)19-15(16)4-3-7-21-19/h3-4,7,9,12,14H,5-6,8,10-11H2,1-2H3,(H2,20,25)(H,23,26). The van der Waals surface area contributed by atoms with Gasteiger partial charge in [0.05, 0.1) is 23.1 Å². The molecule has 2 atom stereocenters. The monoisotopic (exact) mass is 355 g/mol. The molecule has 0 radical (unpaired) electrons. The van der Waals surface area contributed by atoms with Crippen molar-refractivity contribution in [2.45, 2.75) is 39.2 Å². The SMILES string of the molecule is Cc1ncc(N2CC(C)CC(NC(=O)CCC(N)=O)C2)c2cccnc12. The molecule has 1 aliphatic rings. The van der Waals surface area contributed by atoms with Gasteiger partial charge in [0.2, 0.25) is 11.8 Å². The van der Waals surface area contributed by atoms with Crippen LogP contribution < -0.4 is 16.0 Å². The number of anilines is 1. The van der Waals surface area contributed by atoms with Crippen LogP contribution in [0.1, 0.15) is 31.9 Å². The summed E-state index contributed by atoms with van der Waals surface area (Å²) in [5.74, 6) is -0.155. The average molecular weight is 355 g/mol. The van der Waals surface area contributed by atoms with E-state index in [1.807, 2.05) is 19.2 Å². The first-order valence-corrected chi connectivity index (χ1v) is 8.97. The first-order valence-electron chi connectivity index (χ1n) is 8.97. The van der Waals surface area contributed by atoms with Gasteiger partial charge in [-0.1, -0.05) is 6.92 Å². The Labute approximate surface area is 153 Å². The molecule has 7 nitrogen and oxygen atoms in total. The topological polar surface area (TPSA) is 101 Å². The Balaban J connectivity index is 1.78. The Morgan fingerprint density at radius 2 is 2.12 bits per heavy atom. The average Bonchev–Trinajstić information content (AvgIpc) is 2.60. The molecule has 7 heteroatoms. The van der Waals surface area contributed by atoms with Gasteiger partial charge in [-0.25, -0.2) is 0 Å². The fraction of sp³-hybridized carbons (Fsp3) is 0.474. The van der Waals surface area contributed by atoms with Gasteiger partial charge in [-0.15, -0.1) is 0 Å². The number of aryl methyl sites for hydroxylation is 1. The van der Waals surface area contributed by atoms with Crippen molar-refractivity contribution < 1.29 is 9.59 Å². The highest BCUT2D eigenvalue weighted by atomic mass is 16.2. The highest BCUT2D eigenvalue weighted by Gasteiger charge is 2.27. The van der Waals surface area contributed by atoms with E-state index in [0.717, 1.165) is 35.2 Å². The third-order valence-corrected chi connectivity index (χ3v) is 4.77. The number of hydrogen-bond acceptors (Lipinski definition) is 5. The summed E-state index contributed by atoms with van der Waals surface area (Å²) in [5, 5.41) is 4.12. The molecule has 0 spiro atoms. The summed E-state index contributed by atoms with van der Waals surface area (Å²) >= 11 is 0. The third-order valence-electron chi connectivity index (χ3n) is 4.77. The van der Waals surface area contributed by atoms with E-state index in [2.05, 4.69) is 33.2 Å². The van der Waals surface area contributed by atoms with Crippen molar-refractivity contribution in [2.75, 3.05) is 18.0 Å². The number of carbonyl (C=O) groups excluding carboxylic acids is 2. The molecule has 2 unspecified atom stereocenters. The molecule has 1 aliphatic heterocycles. The Hall–Kier alpha value is -2.70. The first kappa shape index (κ1) is 18.1. The molecule has 2 aromatic rings. The fourth-order valence-electron chi connectivity index (χ4n) is 3.63. The van der Waals surface area contributed by atoms with Crippen molar-refractivity contribution in [2.24, 2.45) is 11.7 Å². The largest absolute Gasteiger partial charge is 0.370 e. The molecule has 2 amide bonds. The summed E-state index contributed by atoms with van der Waals surface area (Å²) in [7, 11) is 0. The minimum Gasteiger partial charge on any atom is -0.370 e. The van der Waals surface area contributed by atoms with Gasteiger partial charge >= 0.3 is 0 Å². The molecule has 1 saturated heterocycles. The molecular weight excluding hydrogens is 330 g/mol. The van der Waals surface area contributed by atoms with E-state index >= 15 is 0 Å². The normalized spacial score (nSPS) is 20.2. The van der Waals surface area contributed by atoms with Gasteiger partial charge in [-0.2, -0.15) is 0 Å². The predicted molar refractivity (Wildman–Crippen MR) is 101 cm³/mol. The Morgan fingerprint density at radius 3 is 2.88 bits per heavy atom. The lowest BCUT2D eigenvalue weighted by atomic mass is 9.95. The zero-order chi connectivity index (χ0) is 18.7. The second kappa shape index (κ2) is 7.68. The van der Waals surface area contributed by atoms with Crippen LogP contribution in [0.25, 0.3) is 10.9 Å². The van der Waals surface area contributed by atoms with Gasteiger partial charge in [-0.05, 0) is 31.4 Å². The maximum atomic E-state index is 12.1. The molecule has 3 heterocycles. The minimum atomic E-state index is -0.455. The van der Waals surface area contributed by atoms with Crippen molar-refractivity contribution in [3.63, 3.8) is 0 Å². The van der Waals surface area contributed by atoms with Crippen LogP contribution in [-0.2, 0) is 9.59 Å². The Kier molecular flexibility index (Phi) is 5.35. The number of nitrogens with one attached hydrogen (secondary N) is 1. The lowest BCUT2D eigenvalue weighted by Gasteiger charge is -2.38. The number of primary amides is 1. The van der Waals surface area contributed by atoms with Crippen LogP contribution in [0.2, 0.25) is 0 Å². The van der Waals surface area contributed by atoms with E-state index < -0.39 is 5.91 Å². The third kappa shape index (κ3) is 4.09. The van der Waals surface area contributed by atoms with Crippen LogP contribution in [0.5, 0.6) is 0 Å². The van der Waals surface area contributed by atoms with Crippen LogP contribution in [0.3, 0.4) is 0 Å². The molecule has 1 fully saturated rings. The number of carbonyl (C=O) groups is 2. The second-order valence-electron chi connectivity index (χ2n) is 7.11. The van der Waals surface area contributed by atoms with E-state index in [-0.39, 0.29) is 24.8 Å². The van der Waals surface area contributed by atoms with E-state index in [0.29, 0.717) is 12.5 Å². The van der Waals surface area contributed by atoms with Gasteiger partial charge in [0.15, 0.2) is 0 Å². The van der Waals surface area contributed by atoms with E-state index in [1.165, 1.54) is 0 Å². The molecular formula is C19H25N5O2. The maximum absolute atomic E-state index is 12.1. The Morgan fingerprint density at radius 1 is 1.31 bits per heavy atom. The van der Waals surface area contributed by atoms with E-state index in [4.69, 9.17) is 5.73 Å². The van der Waals surface area contributed by atoms with Crippen molar-refractivity contribution >= 4 is 28.4 Å². The lowest BCUT2D eigenvalue weighted by molar-refractivity contribution is -0.125. The zero-order valence-electron chi connectivity index (χ0n) is 15.2. The second-order valence-corrected chi connectivity index (χ2v) is 7.11. The van der Waals surface area contributed by atoms with Crippen molar-refractivity contribution in [3.8, 4) is 0 Å². The highest BCUT2D eigenvalue weighted by Crippen LogP contribution is 2.30. The molecule has 2 aromatic heterocycles. The summed E-state index contributed by atoms with van der Waals surface area (Å²) in [4.78, 5) is 34.1. The van der Waals surface area contributed by atoms with Gasteiger partial charge in [-0.3, -0.25) is 19.6 Å². The quantitative estimate of drug-likeness (QED) is 0.847. The first-order chi connectivity index (χ1) is 12.4. The van der Waals surface area contributed by atoms with Gasteiger partial charge in [0.25, 0.3) is 0 Å². The molecule has 0 bridgehead atoms. The number of aromatic nitrogens is 2. The number of rotatable bonds is 5. The lowest BCUT2D eigenvalue weighted by Crippen LogP contribution is -2.50. The fourth-order valence-corrected chi connectivity index (χ4v) is 3.63. The highest BCUT2D eigenvalue weighted by molar-refractivity contribution is 5.92. The van der Waals surface area contributed by atoms with Crippen LogP contribution in [-0.4, -0.2) is 40.9 Å². The van der Waals surface area contributed by atoms with Crippen LogP contribution in [0.4, 0.5) is 5.69 Å². The van der Waals surface area contributed by atoms with Crippen molar-refractivity contribution in [1.82, 2.24) is 15.3 Å². The zero-order valence-corrected chi connectivity index (χ0v) is 15.2. The summed E-state index contributed by atoms with van der Waals surface area (Å²) in [6, 6.07) is 4.03. The number of fused-ring (bicyclic) bond motifs is 1. The molecule has 0 saturated carbocycles. The van der Waals surface area contributed by atoms with E-state index in [9.17, 15) is 9.59 Å². The Bertz CT molecular complexity index is 823. The van der Waals surface area contributed by atoms with Gasteiger partial charge in [0.1, 0.15) is 0 Å².